The average molecular weight is 280 g/mol. The van der Waals surface area contributed by atoms with Crippen molar-refractivity contribution in [3.8, 4) is 0 Å². The molecule has 1 heterocycles. The summed E-state index contributed by atoms with van der Waals surface area (Å²) in [4.78, 5) is 12.8. The fourth-order valence-corrected chi connectivity index (χ4v) is 2.74. The summed E-state index contributed by atoms with van der Waals surface area (Å²) in [5.41, 5.74) is 2.22. The molecule has 1 rings (SSSR count). The van der Waals surface area contributed by atoms with Crippen LogP contribution in [0.15, 0.2) is 11.1 Å². The maximum atomic E-state index is 12.8. The largest absolute Gasteiger partial charge is 0.274 e. The summed E-state index contributed by atoms with van der Waals surface area (Å²) < 4.78 is 0. The Bertz CT molecular complexity index is 396. The summed E-state index contributed by atoms with van der Waals surface area (Å²) in [6, 6.07) is 0. The third kappa shape index (κ3) is 3.63. The smallest absolute Gasteiger partial charge is 0.264 e. The van der Waals surface area contributed by atoms with E-state index in [2.05, 4.69) is 53.5 Å². The van der Waals surface area contributed by atoms with Gasteiger partial charge in [-0.15, -0.1) is 0 Å². The van der Waals surface area contributed by atoms with Crippen LogP contribution in [0, 0.1) is 10.8 Å². The van der Waals surface area contributed by atoms with E-state index in [0.29, 0.717) is 0 Å². The molecule has 3 nitrogen and oxygen atoms in total. The summed E-state index contributed by atoms with van der Waals surface area (Å²) in [7, 11) is 1.91. The fraction of sp³-hybridized carbons (Fsp3) is 0.824. The Labute approximate surface area is 125 Å². The second-order valence-corrected chi connectivity index (χ2v) is 7.92. The lowest BCUT2D eigenvalue weighted by Gasteiger charge is -2.44. The molecule has 0 spiro atoms. The molecule has 20 heavy (non-hydrogen) atoms. The number of hydrogen-bond acceptors (Lipinski definition) is 2. The first-order valence-electron chi connectivity index (χ1n) is 7.77. The van der Waals surface area contributed by atoms with Crippen molar-refractivity contribution in [2.24, 2.45) is 10.8 Å². The van der Waals surface area contributed by atoms with E-state index in [-0.39, 0.29) is 16.7 Å². The number of likely N-dealkylation sites (N-methyl/N-ethyl adjacent to an activating group) is 1. The molecule has 0 aromatic carbocycles. The van der Waals surface area contributed by atoms with Crippen molar-refractivity contribution in [2.45, 2.75) is 61.3 Å². The van der Waals surface area contributed by atoms with Gasteiger partial charge in [0.05, 0.1) is 0 Å². The number of amides is 1. The molecule has 116 valence electrons. The van der Waals surface area contributed by atoms with Gasteiger partial charge in [-0.3, -0.25) is 9.80 Å². The van der Waals surface area contributed by atoms with Gasteiger partial charge < -0.3 is 0 Å². The topological polar surface area (TPSA) is 23.6 Å². The van der Waals surface area contributed by atoms with Crippen LogP contribution < -0.4 is 0 Å². The predicted molar refractivity (Wildman–Crippen MR) is 85.2 cm³/mol. The maximum Gasteiger partial charge on any atom is 0.264 e. The van der Waals surface area contributed by atoms with E-state index in [4.69, 9.17) is 0 Å². The van der Waals surface area contributed by atoms with Crippen LogP contribution >= 0.6 is 0 Å². The highest BCUT2D eigenvalue weighted by atomic mass is 16.2. The van der Waals surface area contributed by atoms with Gasteiger partial charge in [-0.1, -0.05) is 54.9 Å². The van der Waals surface area contributed by atoms with Gasteiger partial charge >= 0.3 is 0 Å². The molecule has 0 aromatic heterocycles. The molecule has 3 heteroatoms. The SMILES string of the molecule is CCCCN1CC(C(C)(C)C)=C(C(C)(C)C)C(=O)N1C. The highest BCUT2D eigenvalue weighted by molar-refractivity contribution is 5.96. The van der Waals surface area contributed by atoms with E-state index in [0.717, 1.165) is 31.5 Å². The fourth-order valence-electron chi connectivity index (χ4n) is 2.74. The lowest BCUT2D eigenvalue weighted by molar-refractivity contribution is -0.144. The van der Waals surface area contributed by atoms with Gasteiger partial charge in [-0.25, -0.2) is 5.01 Å². The van der Waals surface area contributed by atoms with E-state index in [1.807, 2.05) is 12.1 Å². The number of hydrazine groups is 1. The van der Waals surface area contributed by atoms with E-state index in [1.54, 1.807) is 0 Å². The molecule has 0 saturated carbocycles. The standard InChI is InChI=1S/C17H32N2O/c1-9-10-11-19-12-13(16(2,3)4)14(17(5,6)7)15(20)18(19)8/h9-12H2,1-8H3. The molecule has 0 bridgehead atoms. The Morgan fingerprint density at radius 3 is 2.00 bits per heavy atom. The Balaban J connectivity index is 3.26. The monoisotopic (exact) mass is 280 g/mol. The Hall–Kier alpha value is -0.830. The second kappa shape index (κ2) is 5.88. The summed E-state index contributed by atoms with van der Waals surface area (Å²) in [5, 5.41) is 4.02. The zero-order chi connectivity index (χ0) is 15.7. The van der Waals surface area contributed by atoms with Gasteiger partial charge in [0, 0.05) is 25.7 Å². The molecule has 0 N–H and O–H groups in total. The van der Waals surface area contributed by atoms with E-state index in [1.165, 1.54) is 5.57 Å². The molecule has 0 radical (unpaired) electrons. The van der Waals surface area contributed by atoms with Crippen LogP contribution in [0.25, 0.3) is 0 Å². The number of nitrogens with zero attached hydrogens (tertiary/aromatic N) is 2. The molecule has 0 saturated heterocycles. The lowest BCUT2D eigenvalue weighted by Crippen LogP contribution is -2.53. The zero-order valence-corrected chi connectivity index (χ0v) is 14.6. The highest BCUT2D eigenvalue weighted by Crippen LogP contribution is 2.40. The molecule has 1 aliphatic rings. The molecule has 0 fully saturated rings. The second-order valence-electron chi connectivity index (χ2n) is 7.92. The predicted octanol–water partition coefficient (Wildman–Crippen LogP) is 3.86. The van der Waals surface area contributed by atoms with Crippen LogP contribution in [0.3, 0.4) is 0 Å². The molecule has 1 aliphatic heterocycles. The van der Waals surface area contributed by atoms with Gasteiger partial charge in [-0.2, -0.15) is 0 Å². The van der Waals surface area contributed by atoms with Gasteiger partial charge in [0.2, 0.25) is 0 Å². The van der Waals surface area contributed by atoms with Gasteiger partial charge in [0.25, 0.3) is 5.91 Å². The lowest BCUT2D eigenvalue weighted by atomic mass is 9.73. The quantitative estimate of drug-likeness (QED) is 0.783. The zero-order valence-electron chi connectivity index (χ0n) is 14.6. The van der Waals surface area contributed by atoms with Crippen molar-refractivity contribution < 1.29 is 4.79 Å². The number of hydrogen-bond donors (Lipinski definition) is 0. The van der Waals surface area contributed by atoms with Gasteiger partial charge in [0.1, 0.15) is 0 Å². The van der Waals surface area contributed by atoms with Crippen molar-refractivity contribution >= 4 is 5.91 Å². The molecule has 0 aliphatic carbocycles. The van der Waals surface area contributed by atoms with Crippen LogP contribution in [-0.2, 0) is 4.79 Å². The first-order valence-corrected chi connectivity index (χ1v) is 7.77. The number of carbonyl (C=O) groups is 1. The third-order valence-corrected chi connectivity index (χ3v) is 4.00. The van der Waals surface area contributed by atoms with E-state index >= 15 is 0 Å². The Morgan fingerprint density at radius 2 is 1.60 bits per heavy atom. The van der Waals surface area contributed by atoms with E-state index in [9.17, 15) is 4.79 Å². The summed E-state index contributed by atoms with van der Waals surface area (Å²) >= 11 is 0. The molecule has 0 unspecified atom stereocenters. The van der Waals surface area contributed by atoms with Crippen molar-refractivity contribution in [2.75, 3.05) is 20.1 Å². The van der Waals surface area contributed by atoms with Gasteiger partial charge in [-0.05, 0) is 22.8 Å². The van der Waals surface area contributed by atoms with Crippen LogP contribution in [0.5, 0.6) is 0 Å². The number of carbonyl (C=O) groups excluding carboxylic acids is 1. The molecule has 1 amide bonds. The van der Waals surface area contributed by atoms with Crippen molar-refractivity contribution in [1.29, 1.82) is 0 Å². The summed E-state index contributed by atoms with van der Waals surface area (Å²) in [6.07, 6.45) is 2.28. The summed E-state index contributed by atoms with van der Waals surface area (Å²) in [5.74, 6) is 0.171. The highest BCUT2D eigenvalue weighted by Gasteiger charge is 2.39. The number of rotatable bonds is 3. The minimum atomic E-state index is -0.106. The minimum absolute atomic E-state index is 0.0317. The van der Waals surface area contributed by atoms with Crippen molar-refractivity contribution in [1.82, 2.24) is 10.0 Å². The molecular formula is C17H32N2O. The Morgan fingerprint density at radius 1 is 1.05 bits per heavy atom. The van der Waals surface area contributed by atoms with Crippen LogP contribution in [0.1, 0.15) is 61.3 Å². The Kier molecular flexibility index (Phi) is 5.07. The molecule has 0 atom stereocenters. The van der Waals surface area contributed by atoms with Crippen LogP contribution in [0.2, 0.25) is 0 Å². The van der Waals surface area contributed by atoms with E-state index < -0.39 is 0 Å². The maximum absolute atomic E-state index is 12.8. The van der Waals surface area contributed by atoms with Gasteiger partial charge in [0.15, 0.2) is 0 Å². The van der Waals surface area contributed by atoms with Crippen molar-refractivity contribution in [3.63, 3.8) is 0 Å². The molecule has 0 aromatic rings. The normalized spacial score (nSPS) is 19.0. The first-order chi connectivity index (χ1) is 9.00. The van der Waals surface area contributed by atoms with Crippen LogP contribution in [0.4, 0.5) is 0 Å². The first kappa shape index (κ1) is 17.2. The van der Waals surface area contributed by atoms with Crippen LogP contribution in [-0.4, -0.2) is 36.1 Å². The number of unbranched alkanes of at least 4 members (excludes halogenated alkanes) is 1. The third-order valence-electron chi connectivity index (χ3n) is 4.00. The minimum Gasteiger partial charge on any atom is -0.274 e. The van der Waals surface area contributed by atoms with Crippen molar-refractivity contribution in [3.05, 3.63) is 11.1 Å². The molecular weight excluding hydrogens is 248 g/mol. The summed E-state index contributed by atoms with van der Waals surface area (Å²) in [6.45, 7) is 17.1. The average Bonchev–Trinajstić information content (AvgIpc) is 2.27.